The summed E-state index contributed by atoms with van der Waals surface area (Å²) in [5.74, 6) is 1.07. The molecule has 1 aromatic rings. The van der Waals surface area contributed by atoms with E-state index >= 15 is 0 Å². The first-order valence-corrected chi connectivity index (χ1v) is 7.16. The van der Waals surface area contributed by atoms with Gasteiger partial charge in [0.25, 0.3) is 0 Å². The van der Waals surface area contributed by atoms with Crippen LogP contribution in [0, 0.1) is 13.8 Å². The van der Waals surface area contributed by atoms with Crippen molar-refractivity contribution in [1.29, 1.82) is 0 Å². The van der Waals surface area contributed by atoms with Crippen LogP contribution in [0.25, 0.3) is 0 Å². The van der Waals surface area contributed by atoms with E-state index in [1.165, 1.54) is 0 Å². The van der Waals surface area contributed by atoms with E-state index in [2.05, 4.69) is 10.8 Å². The van der Waals surface area contributed by atoms with Gasteiger partial charge in [-0.05, 0) is 33.1 Å². The Bertz CT molecular complexity index is 385. The van der Waals surface area contributed by atoms with Crippen LogP contribution in [0.2, 0.25) is 0 Å². The zero-order valence-corrected chi connectivity index (χ0v) is 11.8. The number of hydrogen-bond donors (Lipinski definition) is 0. The molecule has 1 heterocycles. The van der Waals surface area contributed by atoms with Gasteiger partial charge >= 0.3 is 0 Å². The predicted molar refractivity (Wildman–Crippen MR) is 71.9 cm³/mol. The molecule has 0 saturated heterocycles. The standard InChI is InChI=1S/C12H18ClNOS/c1-8-7-11(12(15)9(2)13)10(3)14(8)5-6-16-4/h7,9H,5-6H2,1-4H3. The highest BCUT2D eigenvalue weighted by molar-refractivity contribution is 7.98. The Morgan fingerprint density at radius 2 is 2.19 bits per heavy atom. The second-order valence-corrected chi connectivity index (χ2v) is 5.55. The van der Waals surface area contributed by atoms with Gasteiger partial charge in [-0.1, -0.05) is 0 Å². The van der Waals surface area contributed by atoms with Gasteiger partial charge in [-0.15, -0.1) is 11.6 Å². The highest BCUT2D eigenvalue weighted by atomic mass is 35.5. The molecule has 1 rings (SSSR count). The number of nitrogens with zero attached hydrogens (tertiary/aromatic N) is 1. The van der Waals surface area contributed by atoms with Crippen LogP contribution in [0.15, 0.2) is 6.07 Å². The first-order chi connectivity index (χ1) is 7.49. The average Bonchev–Trinajstić information content (AvgIpc) is 2.51. The van der Waals surface area contributed by atoms with Crippen LogP contribution in [0.5, 0.6) is 0 Å². The van der Waals surface area contributed by atoms with Gasteiger partial charge in [0.05, 0.1) is 5.38 Å². The number of halogens is 1. The molecule has 1 aromatic heterocycles. The van der Waals surface area contributed by atoms with Crippen molar-refractivity contribution in [2.75, 3.05) is 12.0 Å². The summed E-state index contributed by atoms with van der Waals surface area (Å²) >= 11 is 7.64. The molecule has 1 atom stereocenters. The Morgan fingerprint density at radius 1 is 1.56 bits per heavy atom. The molecule has 0 aliphatic rings. The largest absolute Gasteiger partial charge is 0.348 e. The zero-order chi connectivity index (χ0) is 12.3. The van der Waals surface area contributed by atoms with Crippen molar-refractivity contribution in [1.82, 2.24) is 4.57 Å². The molecule has 0 N–H and O–H groups in total. The molecule has 1 unspecified atom stereocenters. The number of rotatable bonds is 5. The summed E-state index contributed by atoms with van der Waals surface area (Å²) < 4.78 is 2.18. The van der Waals surface area contributed by atoms with Crippen LogP contribution >= 0.6 is 23.4 Å². The summed E-state index contributed by atoms with van der Waals surface area (Å²) in [4.78, 5) is 11.9. The molecule has 0 aliphatic heterocycles. The van der Waals surface area contributed by atoms with Crippen molar-refractivity contribution in [2.45, 2.75) is 32.7 Å². The van der Waals surface area contributed by atoms with Gasteiger partial charge in [0.1, 0.15) is 0 Å². The molecular formula is C12H18ClNOS. The lowest BCUT2D eigenvalue weighted by Crippen LogP contribution is -2.12. The summed E-state index contributed by atoms with van der Waals surface area (Å²) in [6, 6.07) is 1.94. The number of hydrogen-bond acceptors (Lipinski definition) is 2. The second-order valence-electron chi connectivity index (χ2n) is 3.91. The number of Topliss-reactive ketones (excluding diaryl/α,β-unsaturated/α-hetero) is 1. The maximum atomic E-state index is 11.9. The van der Waals surface area contributed by atoms with Gasteiger partial charge in [0.15, 0.2) is 5.78 Å². The van der Waals surface area contributed by atoms with Crippen molar-refractivity contribution in [3.8, 4) is 0 Å². The minimum atomic E-state index is -0.450. The quantitative estimate of drug-likeness (QED) is 0.598. The fourth-order valence-electron chi connectivity index (χ4n) is 1.79. The lowest BCUT2D eigenvalue weighted by Gasteiger charge is -2.08. The van der Waals surface area contributed by atoms with Gasteiger partial charge in [0.2, 0.25) is 0 Å². The van der Waals surface area contributed by atoms with E-state index in [-0.39, 0.29) is 5.78 Å². The number of carbonyl (C=O) groups is 1. The number of thioether (sulfide) groups is 1. The topological polar surface area (TPSA) is 22.0 Å². The van der Waals surface area contributed by atoms with Crippen LogP contribution in [0.3, 0.4) is 0 Å². The van der Waals surface area contributed by atoms with Crippen molar-refractivity contribution in [3.05, 3.63) is 23.0 Å². The molecule has 0 aliphatic carbocycles. The fourth-order valence-corrected chi connectivity index (χ4v) is 2.27. The predicted octanol–water partition coefficient (Wildman–Crippen LogP) is 3.28. The zero-order valence-electron chi connectivity index (χ0n) is 10.2. The molecule has 0 fully saturated rings. The smallest absolute Gasteiger partial charge is 0.182 e. The molecule has 0 amide bonds. The van der Waals surface area contributed by atoms with E-state index in [9.17, 15) is 4.79 Å². The highest BCUT2D eigenvalue weighted by Gasteiger charge is 2.18. The molecule has 0 saturated carbocycles. The molecule has 0 aromatic carbocycles. The van der Waals surface area contributed by atoms with Gasteiger partial charge in [-0.3, -0.25) is 4.79 Å². The van der Waals surface area contributed by atoms with Gasteiger partial charge in [-0.25, -0.2) is 0 Å². The first-order valence-electron chi connectivity index (χ1n) is 5.33. The van der Waals surface area contributed by atoms with Crippen molar-refractivity contribution in [2.24, 2.45) is 0 Å². The number of ketones is 1. The van der Waals surface area contributed by atoms with Crippen LogP contribution in [0.4, 0.5) is 0 Å². The third-order valence-corrected chi connectivity index (χ3v) is 3.51. The van der Waals surface area contributed by atoms with E-state index in [0.717, 1.165) is 29.2 Å². The fraction of sp³-hybridized carbons (Fsp3) is 0.583. The Hall–Kier alpha value is -0.410. The van der Waals surface area contributed by atoms with Crippen LogP contribution in [-0.4, -0.2) is 27.7 Å². The minimum Gasteiger partial charge on any atom is -0.348 e. The molecule has 0 bridgehead atoms. The highest BCUT2D eigenvalue weighted by Crippen LogP contribution is 2.18. The first kappa shape index (κ1) is 13.7. The molecule has 2 nitrogen and oxygen atoms in total. The second kappa shape index (κ2) is 5.78. The van der Waals surface area contributed by atoms with E-state index in [0.29, 0.717) is 0 Å². The Labute approximate surface area is 106 Å². The molecule has 16 heavy (non-hydrogen) atoms. The summed E-state index contributed by atoms with van der Waals surface area (Å²) in [5.41, 5.74) is 2.93. The third kappa shape index (κ3) is 2.83. The minimum absolute atomic E-state index is 0.0187. The summed E-state index contributed by atoms with van der Waals surface area (Å²) in [6.45, 7) is 6.68. The Kier molecular flexibility index (Phi) is 4.93. The number of alkyl halides is 1. The number of aryl methyl sites for hydroxylation is 1. The molecule has 90 valence electrons. The average molecular weight is 260 g/mol. The Balaban J connectivity index is 3.01. The van der Waals surface area contributed by atoms with Crippen LogP contribution in [-0.2, 0) is 6.54 Å². The lowest BCUT2D eigenvalue weighted by atomic mass is 10.1. The van der Waals surface area contributed by atoms with Gasteiger partial charge in [0, 0.05) is 29.2 Å². The SMILES string of the molecule is CSCCn1c(C)cc(C(=O)C(C)Cl)c1C. The normalized spacial score (nSPS) is 12.8. The van der Waals surface area contributed by atoms with E-state index in [1.807, 2.05) is 19.9 Å². The molecule has 4 heteroatoms. The van der Waals surface area contributed by atoms with Crippen molar-refractivity contribution < 1.29 is 4.79 Å². The molecule has 0 radical (unpaired) electrons. The van der Waals surface area contributed by atoms with Crippen molar-refractivity contribution in [3.63, 3.8) is 0 Å². The Morgan fingerprint density at radius 3 is 2.69 bits per heavy atom. The van der Waals surface area contributed by atoms with E-state index in [1.54, 1.807) is 18.7 Å². The molecule has 0 spiro atoms. The number of carbonyl (C=O) groups excluding carboxylic acids is 1. The number of aromatic nitrogens is 1. The summed E-state index contributed by atoms with van der Waals surface area (Å²) in [5, 5.41) is -0.450. The van der Waals surface area contributed by atoms with Crippen LogP contribution < -0.4 is 0 Å². The van der Waals surface area contributed by atoms with Crippen molar-refractivity contribution >= 4 is 29.1 Å². The van der Waals surface area contributed by atoms with Gasteiger partial charge in [-0.2, -0.15) is 11.8 Å². The molecular weight excluding hydrogens is 242 g/mol. The third-order valence-electron chi connectivity index (χ3n) is 2.72. The van der Waals surface area contributed by atoms with E-state index < -0.39 is 5.38 Å². The van der Waals surface area contributed by atoms with Crippen LogP contribution in [0.1, 0.15) is 28.7 Å². The summed E-state index contributed by atoms with van der Waals surface area (Å²) in [6.07, 6.45) is 2.08. The summed E-state index contributed by atoms with van der Waals surface area (Å²) in [7, 11) is 0. The maximum absolute atomic E-state index is 11.9. The van der Waals surface area contributed by atoms with E-state index in [4.69, 9.17) is 11.6 Å². The monoisotopic (exact) mass is 259 g/mol. The van der Waals surface area contributed by atoms with Gasteiger partial charge < -0.3 is 4.57 Å². The maximum Gasteiger partial charge on any atom is 0.182 e. The lowest BCUT2D eigenvalue weighted by molar-refractivity contribution is 0.0991.